The Bertz CT molecular complexity index is 1040. The van der Waals surface area contributed by atoms with E-state index >= 15 is 0 Å². The number of hydrogen-bond acceptors (Lipinski definition) is 5. The van der Waals surface area contributed by atoms with Crippen LogP contribution in [0.4, 0.5) is 0 Å². The fourth-order valence-corrected chi connectivity index (χ4v) is 4.41. The number of hydrogen-bond donors (Lipinski definition) is 1. The van der Waals surface area contributed by atoms with Gasteiger partial charge in [0.25, 0.3) is 0 Å². The number of imide groups is 1. The third-order valence-corrected chi connectivity index (χ3v) is 6.00. The molecule has 8 nitrogen and oxygen atoms in total. The summed E-state index contributed by atoms with van der Waals surface area (Å²) in [6.45, 7) is 2.74. The van der Waals surface area contributed by atoms with Crippen molar-refractivity contribution in [1.82, 2.24) is 20.1 Å². The summed E-state index contributed by atoms with van der Waals surface area (Å²) in [6, 6.07) is 10.9. The number of carbonyl (C=O) groups is 4. The van der Waals surface area contributed by atoms with Crippen LogP contribution in [0.1, 0.15) is 29.5 Å². The number of pyridine rings is 1. The molecule has 2 saturated heterocycles. The summed E-state index contributed by atoms with van der Waals surface area (Å²) in [4.78, 5) is 58.3. The van der Waals surface area contributed by atoms with Crippen molar-refractivity contribution >= 4 is 23.6 Å². The van der Waals surface area contributed by atoms with Crippen molar-refractivity contribution in [3.05, 3.63) is 65.5 Å². The minimum Gasteiger partial charge on any atom is -0.353 e. The summed E-state index contributed by atoms with van der Waals surface area (Å²) in [5.74, 6) is -1.21. The highest BCUT2D eigenvalue weighted by Gasteiger charge is 2.54. The summed E-state index contributed by atoms with van der Waals surface area (Å²) in [5, 5.41) is 2.69. The maximum atomic E-state index is 13.7. The molecule has 160 valence electrons. The SMILES string of the molecule is Cc1ccccc1[C@]1(CC(=O)N2CCNC(=O)C2)CC(=O)N(Cc2ccncc2)C1=O. The quantitative estimate of drug-likeness (QED) is 0.726. The molecule has 31 heavy (non-hydrogen) atoms. The van der Waals surface area contributed by atoms with E-state index in [1.807, 2.05) is 31.2 Å². The zero-order valence-electron chi connectivity index (χ0n) is 17.3. The van der Waals surface area contributed by atoms with Gasteiger partial charge in [-0.25, -0.2) is 0 Å². The van der Waals surface area contributed by atoms with E-state index < -0.39 is 5.41 Å². The number of aryl methyl sites for hydroxylation is 1. The second kappa shape index (κ2) is 8.29. The largest absolute Gasteiger partial charge is 0.353 e. The molecule has 0 spiro atoms. The van der Waals surface area contributed by atoms with Gasteiger partial charge in [0.2, 0.25) is 23.6 Å². The Morgan fingerprint density at radius 2 is 1.87 bits per heavy atom. The van der Waals surface area contributed by atoms with Gasteiger partial charge < -0.3 is 10.2 Å². The molecule has 0 bridgehead atoms. The van der Waals surface area contributed by atoms with Gasteiger partial charge in [0.1, 0.15) is 0 Å². The van der Waals surface area contributed by atoms with Gasteiger partial charge in [-0.1, -0.05) is 24.3 Å². The number of nitrogens with one attached hydrogen (secondary N) is 1. The molecule has 1 N–H and O–H groups in total. The Morgan fingerprint density at radius 1 is 1.13 bits per heavy atom. The van der Waals surface area contributed by atoms with Crippen molar-refractivity contribution in [2.45, 2.75) is 31.7 Å². The molecule has 2 aromatic rings. The number of likely N-dealkylation sites (tertiary alicyclic amines) is 1. The van der Waals surface area contributed by atoms with Crippen LogP contribution in [0, 0.1) is 6.92 Å². The average Bonchev–Trinajstić information content (AvgIpc) is 2.99. The number of nitrogens with zero attached hydrogens (tertiary/aromatic N) is 3. The van der Waals surface area contributed by atoms with Gasteiger partial charge in [0.15, 0.2) is 0 Å². The number of piperazine rings is 1. The number of carbonyl (C=O) groups excluding carboxylic acids is 4. The molecule has 3 heterocycles. The first-order chi connectivity index (χ1) is 14.9. The predicted molar refractivity (Wildman–Crippen MR) is 111 cm³/mol. The molecule has 0 unspecified atom stereocenters. The lowest BCUT2D eigenvalue weighted by Crippen LogP contribution is -2.52. The molecule has 1 atom stereocenters. The van der Waals surface area contributed by atoms with Crippen molar-refractivity contribution in [1.29, 1.82) is 0 Å². The molecular weight excluding hydrogens is 396 g/mol. The number of rotatable bonds is 5. The zero-order chi connectivity index (χ0) is 22.0. The molecule has 0 aliphatic carbocycles. The van der Waals surface area contributed by atoms with Crippen LogP contribution in [0.2, 0.25) is 0 Å². The van der Waals surface area contributed by atoms with Gasteiger partial charge in [-0.05, 0) is 35.7 Å². The fourth-order valence-electron chi connectivity index (χ4n) is 4.41. The summed E-state index contributed by atoms with van der Waals surface area (Å²) < 4.78 is 0. The Labute approximate surface area is 180 Å². The highest BCUT2D eigenvalue weighted by molar-refractivity contribution is 6.11. The van der Waals surface area contributed by atoms with Crippen molar-refractivity contribution in [3.63, 3.8) is 0 Å². The Kier molecular flexibility index (Phi) is 5.54. The van der Waals surface area contributed by atoms with E-state index in [0.29, 0.717) is 18.7 Å². The fraction of sp³-hybridized carbons (Fsp3) is 0.348. The van der Waals surface area contributed by atoms with Crippen LogP contribution in [0.5, 0.6) is 0 Å². The molecule has 4 rings (SSSR count). The highest BCUT2D eigenvalue weighted by Crippen LogP contribution is 2.42. The predicted octanol–water partition coefficient (Wildman–Crippen LogP) is 0.935. The molecule has 2 aliphatic heterocycles. The van der Waals surface area contributed by atoms with Crippen molar-refractivity contribution in [2.75, 3.05) is 19.6 Å². The van der Waals surface area contributed by atoms with Gasteiger partial charge in [-0.3, -0.25) is 29.1 Å². The smallest absolute Gasteiger partial charge is 0.241 e. The van der Waals surface area contributed by atoms with Crippen molar-refractivity contribution < 1.29 is 19.2 Å². The highest BCUT2D eigenvalue weighted by atomic mass is 16.2. The Hall–Kier alpha value is -3.55. The third-order valence-electron chi connectivity index (χ3n) is 6.00. The molecule has 0 saturated carbocycles. The van der Waals surface area contributed by atoms with E-state index in [4.69, 9.17) is 0 Å². The van der Waals surface area contributed by atoms with Crippen LogP contribution in [0.3, 0.4) is 0 Å². The molecule has 2 fully saturated rings. The molecule has 1 aromatic heterocycles. The standard InChI is InChI=1S/C23H24N4O4/c1-16-4-2-3-5-18(16)23(12-20(29)26-11-10-25-19(28)15-26)13-21(30)27(22(23)31)14-17-6-8-24-9-7-17/h2-9H,10-15H2,1H3,(H,25,28)/t23-/m0/s1. The number of benzene rings is 1. The second-order valence-electron chi connectivity index (χ2n) is 8.06. The zero-order valence-corrected chi connectivity index (χ0v) is 17.3. The van der Waals surface area contributed by atoms with Gasteiger partial charge in [0, 0.05) is 38.3 Å². The first-order valence-electron chi connectivity index (χ1n) is 10.2. The Morgan fingerprint density at radius 3 is 2.58 bits per heavy atom. The third kappa shape index (κ3) is 3.93. The van der Waals surface area contributed by atoms with Crippen LogP contribution in [0.25, 0.3) is 0 Å². The number of amides is 4. The summed E-state index contributed by atoms with van der Waals surface area (Å²) >= 11 is 0. The summed E-state index contributed by atoms with van der Waals surface area (Å²) in [6.07, 6.45) is 3.00. The minimum absolute atomic E-state index is 0.0362. The topological polar surface area (TPSA) is 99.7 Å². The Balaban J connectivity index is 1.69. The first kappa shape index (κ1) is 20.7. The molecular formula is C23H24N4O4. The molecule has 8 heteroatoms. The van der Waals surface area contributed by atoms with E-state index in [0.717, 1.165) is 11.1 Å². The van der Waals surface area contributed by atoms with E-state index in [9.17, 15) is 19.2 Å². The summed E-state index contributed by atoms with van der Waals surface area (Å²) in [5.41, 5.74) is 1.04. The first-order valence-corrected chi connectivity index (χ1v) is 10.2. The lowest BCUT2D eigenvalue weighted by atomic mass is 9.74. The summed E-state index contributed by atoms with van der Waals surface area (Å²) in [7, 11) is 0. The maximum absolute atomic E-state index is 13.7. The van der Waals surface area contributed by atoms with Gasteiger partial charge in [-0.2, -0.15) is 0 Å². The van der Waals surface area contributed by atoms with E-state index in [1.54, 1.807) is 24.5 Å². The normalized spacial score (nSPS) is 21.4. The molecule has 2 aliphatic rings. The van der Waals surface area contributed by atoms with Crippen LogP contribution in [-0.4, -0.2) is 58.0 Å². The maximum Gasteiger partial charge on any atom is 0.241 e. The number of aromatic nitrogens is 1. The molecule has 1 aromatic carbocycles. The van der Waals surface area contributed by atoms with Gasteiger partial charge in [0.05, 0.1) is 18.5 Å². The van der Waals surface area contributed by atoms with Crippen molar-refractivity contribution in [2.24, 2.45) is 0 Å². The van der Waals surface area contributed by atoms with E-state index in [-0.39, 0.29) is 49.6 Å². The monoisotopic (exact) mass is 420 g/mol. The van der Waals surface area contributed by atoms with E-state index in [2.05, 4.69) is 10.3 Å². The molecule has 0 radical (unpaired) electrons. The van der Waals surface area contributed by atoms with E-state index in [1.165, 1.54) is 9.80 Å². The van der Waals surface area contributed by atoms with Crippen LogP contribution in [0.15, 0.2) is 48.8 Å². The van der Waals surface area contributed by atoms with Gasteiger partial charge in [-0.15, -0.1) is 0 Å². The van der Waals surface area contributed by atoms with Crippen LogP contribution < -0.4 is 5.32 Å². The lowest BCUT2D eigenvalue weighted by molar-refractivity contribution is -0.144. The average molecular weight is 420 g/mol. The van der Waals surface area contributed by atoms with Crippen LogP contribution in [-0.2, 0) is 31.1 Å². The minimum atomic E-state index is -1.28. The van der Waals surface area contributed by atoms with Crippen molar-refractivity contribution in [3.8, 4) is 0 Å². The van der Waals surface area contributed by atoms with Crippen LogP contribution >= 0.6 is 0 Å². The second-order valence-corrected chi connectivity index (χ2v) is 8.06. The van der Waals surface area contributed by atoms with Gasteiger partial charge >= 0.3 is 0 Å². The molecule has 4 amide bonds. The lowest BCUT2D eigenvalue weighted by Gasteiger charge is -2.33.